The van der Waals surface area contributed by atoms with Crippen LogP contribution in [0, 0.1) is 11.8 Å². The lowest BCUT2D eigenvalue weighted by Crippen LogP contribution is -2.33. The van der Waals surface area contributed by atoms with Crippen LogP contribution in [-0.2, 0) is 9.53 Å². The molecule has 0 amide bonds. The van der Waals surface area contributed by atoms with Gasteiger partial charge in [0.05, 0.1) is 0 Å². The van der Waals surface area contributed by atoms with Crippen LogP contribution in [0.2, 0.25) is 0 Å². The summed E-state index contributed by atoms with van der Waals surface area (Å²) in [4.78, 5) is 11.7. The molecule has 1 aliphatic rings. The van der Waals surface area contributed by atoms with Gasteiger partial charge < -0.3 is 4.74 Å². The molecule has 136 valence electrons. The molecule has 0 heterocycles. The van der Waals surface area contributed by atoms with E-state index in [0.717, 1.165) is 44.9 Å². The molecular weight excluding hydrogens is 296 g/mol. The van der Waals surface area contributed by atoms with Crippen LogP contribution in [0.25, 0.3) is 0 Å². The second kappa shape index (κ2) is 13.1. The number of carbonyl (C=O) groups excluding carboxylic acids is 1. The van der Waals surface area contributed by atoms with E-state index in [1.807, 2.05) is 6.08 Å². The maximum atomic E-state index is 11.7. The summed E-state index contributed by atoms with van der Waals surface area (Å²) in [5.74, 6) is 6.48. The molecule has 1 atom stereocenters. The molecule has 0 radical (unpaired) electrons. The SMILES string of the molecule is C=CCCCC1(OC(C)=O)C#CCCCCCCCCCCCC1. The van der Waals surface area contributed by atoms with Gasteiger partial charge in [0.15, 0.2) is 5.60 Å². The maximum absolute atomic E-state index is 11.7. The average molecular weight is 333 g/mol. The van der Waals surface area contributed by atoms with Crippen molar-refractivity contribution in [3.05, 3.63) is 12.7 Å². The predicted octanol–water partition coefficient (Wildman–Crippen LogP) is 6.34. The molecule has 0 fully saturated rings. The molecule has 1 aliphatic carbocycles. The minimum atomic E-state index is -0.574. The highest BCUT2D eigenvalue weighted by atomic mass is 16.6. The lowest BCUT2D eigenvalue weighted by Gasteiger charge is -2.28. The van der Waals surface area contributed by atoms with Crippen molar-refractivity contribution < 1.29 is 9.53 Å². The number of esters is 1. The van der Waals surface area contributed by atoms with Gasteiger partial charge in [0, 0.05) is 13.3 Å². The molecule has 2 nitrogen and oxygen atoms in total. The second-order valence-corrected chi connectivity index (χ2v) is 7.11. The van der Waals surface area contributed by atoms with Gasteiger partial charge in [0.25, 0.3) is 0 Å². The van der Waals surface area contributed by atoms with Crippen LogP contribution < -0.4 is 0 Å². The van der Waals surface area contributed by atoms with E-state index in [9.17, 15) is 4.79 Å². The van der Waals surface area contributed by atoms with Crippen molar-refractivity contribution in [2.75, 3.05) is 0 Å². The first-order valence-corrected chi connectivity index (χ1v) is 9.99. The summed E-state index contributed by atoms with van der Waals surface area (Å²) in [5.41, 5.74) is -0.574. The van der Waals surface area contributed by atoms with Gasteiger partial charge in [-0.05, 0) is 38.5 Å². The molecule has 0 N–H and O–H groups in total. The summed E-state index contributed by atoms with van der Waals surface area (Å²) < 4.78 is 5.76. The van der Waals surface area contributed by atoms with Crippen molar-refractivity contribution in [1.29, 1.82) is 0 Å². The first-order valence-electron chi connectivity index (χ1n) is 9.99. The van der Waals surface area contributed by atoms with Crippen LogP contribution in [0.5, 0.6) is 0 Å². The van der Waals surface area contributed by atoms with E-state index in [2.05, 4.69) is 18.4 Å². The first-order chi connectivity index (χ1) is 11.7. The Morgan fingerprint density at radius 3 is 2.21 bits per heavy atom. The van der Waals surface area contributed by atoms with E-state index in [1.54, 1.807) is 0 Å². The summed E-state index contributed by atoms with van der Waals surface area (Å²) in [7, 11) is 0. The molecule has 24 heavy (non-hydrogen) atoms. The van der Waals surface area contributed by atoms with E-state index in [1.165, 1.54) is 58.3 Å². The lowest BCUT2D eigenvalue weighted by atomic mass is 9.90. The van der Waals surface area contributed by atoms with Crippen molar-refractivity contribution in [2.24, 2.45) is 0 Å². The van der Waals surface area contributed by atoms with Gasteiger partial charge in [0.1, 0.15) is 0 Å². The Morgan fingerprint density at radius 2 is 1.62 bits per heavy atom. The number of hydrogen-bond donors (Lipinski definition) is 0. The van der Waals surface area contributed by atoms with Crippen molar-refractivity contribution in [3.63, 3.8) is 0 Å². The van der Waals surface area contributed by atoms with Crippen molar-refractivity contribution in [2.45, 2.75) is 109 Å². The molecule has 0 bridgehead atoms. The van der Waals surface area contributed by atoms with Crippen molar-refractivity contribution >= 4 is 5.97 Å². The van der Waals surface area contributed by atoms with E-state index < -0.39 is 5.60 Å². The molecule has 2 heteroatoms. The van der Waals surface area contributed by atoms with Crippen LogP contribution >= 0.6 is 0 Å². The molecule has 1 rings (SSSR count). The molecule has 0 saturated carbocycles. The third-order valence-electron chi connectivity index (χ3n) is 4.78. The fourth-order valence-electron chi connectivity index (χ4n) is 3.45. The average Bonchev–Trinajstić information content (AvgIpc) is 2.55. The number of hydrogen-bond acceptors (Lipinski definition) is 2. The highest BCUT2D eigenvalue weighted by Crippen LogP contribution is 2.27. The van der Waals surface area contributed by atoms with E-state index in [0.29, 0.717) is 0 Å². The molecule has 0 aliphatic heterocycles. The molecule has 0 spiro atoms. The van der Waals surface area contributed by atoms with Crippen LogP contribution in [0.3, 0.4) is 0 Å². The maximum Gasteiger partial charge on any atom is 0.304 e. The van der Waals surface area contributed by atoms with Crippen LogP contribution in [0.4, 0.5) is 0 Å². The normalized spacial score (nSPS) is 23.9. The van der Waals surface area contributed by atoms with Crippen LogP contribution in [0.1, 0.15) is 103 Å². The zero-order chi connectivity index (χ0) is 17.5. The standard InChI is InChI=1S/C22H36O2/c1-3-4-15-18-22(24-21(2)23)19-16-13-11-9-7-5-6-8-10-12-14-17-20-22/h3H,1,4-16,18-19H2,2H3. The van der Waals surface area contributed by atoms with Crippen molar-refractivity contribution in [1.82, 2.24) is 0 Å². The molecule has 0 aromatic carbocycles. The molecular formula is C22H36O2. The first kappa shape index (κ1) is 20.8. The Kier molecular flexibility index (Phi) is 11.4. The number of rotatable bonds is 5. The number of unbranched alkanes of at least 4 members (excludes halogenated alkanes) is 1. The summed E-state index contributed by atoms with van der Waals surface area (Å²) in [6, 6.07) is 0. The summed E-state index contributed by atoms with van der Waals surface area (Å²) in [6.07, 6.45) is 19.3. The molecule has 0 saturated heterocycles. The van der Waals surface area contributed by atoms with Gasteiger partial charge in [-0.25, -0.2) is 0 Å². The number of allylic oxidation sites excluding steroid dienone is 1. The highest BCUT2D eigenvalue weighted by molar-refractivity contribution is 5.67. The van der Waals surface area contributed by atoms with Crippen molar-refractivity contribution in [3.8, 4) is 11.8 Å². The quantitative estimate of drug-likeness (QED) is 0.254. The highest BCUT2D eigenvalue weighted by Gasteiger charge is 2.30. The lowest BCUT2D eigenvalue weighted by molar-refractivity contribution is -0.152. The topological polar surface area (TPSA) is 26.3 Å². The van der Waals surface area contributed by atoms with E-state index >= 15 is 0 Å². The number of carbonyl (C=O) groups is 1. The Morgan fingerprint density at radius 1 is 1.04 bits per heavy atom. The van der Waals surface area contributed by atoms with Gasteiger partial charge in [0.2, 0.25) is 0 Å². The Bertz CT molecular complexity index is 415. The Hall–Kier alpha value is -1.23. The second-order valence-electron chi connectivity index (χ2n) is 7.11. The monoisotopic (exact) mass is 332 g/mol. The van der Waals surface area contributed by atoms with Gasteiger partial charge in [-0.2, -0.15) is 0 Å². The van der Waals surface area contributed by atoms with Gasteiger partial charge in [-0.3, -0.25) is 4.79 Å². The van der Waals surface area contributed by atoms with Gasteiger partial charge >= 0.3 is 5.97 Å². The third kappa shape index (κ3) is 9.81. The summed E-state index contributed by atoms with van der Waals surface area (Å²) >= 11 is 0. The fourth-order valence-corrected chi connectivity index (χ4v) is 3.45. The van der Waals surface area contributed by atoms with Gasteiger partial charge in [-0.15, -0.1) is 6.58 Å². The van der Waals surface area contributed by atoms with Gasteiger partial charge in [-0.1, -0.05) is 69.3 Å². The van der Waals surface area contributed by atoms with Crippen LogP contribution in [-0.4, -0.2) is 11.6 Å². The minimum Gasteiger partial charge on any atom is -0.446 e. The largest absolute Gasteiger partial charge is 0.446 e. The zero-order valence-corrected chi connectivity index (χ0v) is 15.7. The zero-order valence-electron chi connectivity index (χ0n) is 15.7. The summed E-state index contributed by atoms with van der Waals surface area (Å²) in [6.45, 7) is 5.30. The fraction of sp³-hybridized carbons (Fsp3) is 0.773. The third-order valence-corrected chi connectivity index (χ3v) is 4.78. The Labute approximate surface area is 149 Å². The van der Waals surface area contributed by atoms with Crippen LogP contribution in [0.15, 0.2) is 12.7 Å². The predicted molar refractivity (Wildman–Crippen MR) is 102 cm³/mol. The Balaban J connectivity index is 2.75. The smallest absolute Gasteiger partial charge is 0.304 e. The molecule has 1 unspecified atom stereocenters. The molecule has 0 aromatic rings. The summed E-state index contributed by atoms with van der Waals surface area (Å²) in [5, 5.41) is 0. The minimum absolute atomic E-state index is 0.208. The molecule has 0 aromatic heterocycles. The number of ether oxygens (including phenoxy) is 1. The van der Waals surface area contributed by atoms with E-state index in [4.69, 9.17) is 4.74 Å². The van der Waals surface area contributed by atoms with E-state index in [-0.39, 0.29) is 5.97 Å².